The zero-order chi connectivity index (χ0) is 16.1. The number of nitrogens with zero attached hydrogens (tertiary/aromatic N) is 1. The standard InChI is InChI=1S/C16H33N3O2/c1-15(2,3)21-14(20)18-16(4,5)12-17-13-8-7-10-19(6)11-9-13/h13,17H,7-12H2,1-6H3,(H,18,20). The second-order valence-corrected chi connectivity index (χ2v) is 7.82. The smallest absolute Gasteiger partial charge is 0.408 e. The summed E-state index contributed by atoms with van der Waals surface area (Å²) < 4.78 is 5.31. The van der Waals surface area contributed by atoms with E-state index < -0.39 is 5.60 Å². The molecule has 2 N–H and O–H groups in total. The average Bonchev–Trinajstić information content (AvgIpc) is 2.48. The lowest BCUT2D eigenvalue weighted by molar-refractivity contribution is 0.0470. The number of ether oxygens (including phenoxy) is 1. The fraction of sp³-hybridized carbons (Fsp3) is 0.938. The maximum absolute atomic E-state index is 11.9. The van der Waals surface area contributed by atoms with Crippen LogP contribution in [-0.2, 0) is 4.74 Å². The highest BCUT2D eigenvalue weighted by molar-refractivity contribution is 5.68. The summed E-state index contributed by atoms with van der Waals surface area (Å²) in [6.45, 7) is 12.7. The van der Waals surface area contributed by atoms with Crippen LogP contribution in [0.15, 0.2) is 0 Å². The van der Waals surface area contributed by atoms with E-state index in [1.54, 1.807) is 0 Å². The first-order valence-corrected chi connectivity index (χ1v) is 8.00. The van der Waals surface area contributed by atoms with Gasteiger partial charge >= 0.3 is 6.09 Å². The van der Waals surface area contributed by atoms with Crippen molar-refractivity contribution in [1.82, 2.24) is 15.5 Å². The Morgan fingerprint density at radius 2 is 1.86 bits per heavy atom. The van der Waals surface area contributed by atoms with Crippen LogP contribution in [0.25, 0.3) is 0 Å². The van der Waals surface area contributed by atoms with E-state index in [1.807, 2.05) is 34.6 Å². The molecule has 1 saturated heterocycles. The quantitative estimate of drug-likeness (QED) is 0.837. The molecular formula is C16H33N3O2. The summed E-state index contributed by atoms with van der Waals surface area (Å²) in [5.41, 5.74) is -0.778. The molecule has 1 rings (SSSR count). The summed E-state index contributed by atoms with van der Waals surface area (Å²) in [4.78, 5) is 14.2. The molecule has 0 saturated carbocycles. The van der Waals surface area contributed by atoms with Gasteiger partial charge in [0, 0.05) is 12.6 Å². The van der Waals surface area contributed by atoms with E-state index in [4.69, 9.17) is 4.74 Å². The summed E-state index contributed by atoms with van der Waals surface area (Å²) in [6.07, 6.45) is 3.25. The monoisotopic (exact) mass is 299 g/mol. The average molecular weight is 299 g/mol. The van der Waals surface area contributed by atoms with Crippen LogP contribution in [0.5, 0.6) is 0 Å². The van der Waals surface area contributed by atoms with Crippen molar-refractivity contribution in [2.45, 2.75) is 71.1 Å². The van der Waals surface area contributed by atoms with Crippen LogP contribution in [0.2, 0.25) is 0 Å². The number of carbonyl (C=O) groups excluding carboxylic acids is 1. The van der Waals surface area contributed by atoms with Gasteiger partial charge in [-0.05, 0) is 74.0 Å². The molecule has 1 aliphatic rings. The predicted molar refractivity (Wildman–Crippen MR) is 86.6 cm³/mol. The number of amides is 1. The van der Waals surface area contributed by atoms with E-state index in [2.05, 4.69) is 22.6 Å². The molecule has 1 aliphatic heterocycles. The van der Waals surface area contributed by atoms with Crippen molar-refractivity contribution in [3.63, 3.8) is 0 Å². The largest absolute Gasteiger partial charge is 0.444 e. The molecule has 0 radical (unpaired) electrons. The van der Waals surface area contributed by atoms with Gasteiger partial charge in [-0.3, -0.25) is 0 Å². The van der Waals surface area contributed by atoms with Gasteiger partial charge in [0.1, 0.15) is 5.60 Å². The van der Waals surface area contributed by atoms with Crippen LogP contribution in [0.3, 0.4) is 0 Å². The van der Waals surface area contributed by atoms with Crippen molar-refractivity contribution in [1.29, 1.82) is 0 Å². The van der Waals surface area contributed by atoms with Crippen molar-refractivity contribution in [3.8, 4) is 0 Å². The Labute approximate surface area is 129 Å². The lowest BCUT2D eigenvalue weighted by Gasteiger charge is -2.30. The summed E-state index contributed by atoms with van der Waals surface area (Å²) in [5.74, 6) is 0. The molecular weight excluding hydrogens is 266 g/mol. The summed E-state index contributed by atoms with van der Waals surface area (Å²) in [5, 5.41) is 6.54. The first-order chi connectivity index (χ1) is 9.57. The molecule has 0 aromatic carbocycles. The van der Waals surface area contributed by atoms with Gasteiger partial charge < -0.3 is 20.3 Å². The van der Waals surface area contributed by atoms with Crippen LogP contribution >= 0.6 is 0 Å². The molecule has 21 heavy (non-hydrogen) atoms. The highest BCUT2D eigenvalue weighted by Crippen LogP contribution is 2.12. The van der Waals surface area contributed by atoms with Gasteiger partial charge in [-0.15, -0.1) is 0 Å². The zero-order valence-electron chi connectivity index (χ0n) is 14.6. The van der Waals surface area contributed by atoms with E-state index in [0.717, 1.165) is 13.1 Å². The first kappa shape index (κ1) is 18.2. The molecule has 1 atom stereocenters. The van der Waals surface area contributed by atoms with Crippen LogP contribution in [0, 0.1) is 0 Å². The number of likely N-dealkylation sites (tertiary alicyclic amines) is 1. The fourth-order valence-corrected chi connectivity index (χ4v) is 2.47. The van der Waals surface area contributed by atoms with E-state index in [-0.39, 0.29) is 11.6 Å². The van der Waals surface area contributed by atoms with E-state index in [1.165, 1.54) is 25.8 Å². The zero-order valence-corrected chi connectivity index (χ0v) is 14.6. The van der Waals surface area contributed by atoms with Gasteiger partial charge in [0.25, 0.3) is 0 Å². The number of nitrogens with one attached hydrogen (secondary N) is 2. The van der Waals surface area contributed by atoms with Gasteiger partial charge in [0.2, 0.25) is 0 Å². The van der Waals surface area contributed by atoms with Crippen LogP contribution in [0.1, 0.15) is 53.9 Å². The summed E-state index contributed by atoms with van der Waals surface area (Å²) in [6, 6.07) is 0.537. The molecule has 1 amide bonds. The maximum atomic E-state index is 11.9. The van der Waals surface area contributed by atoms with Crippen molar-refractivity contribution in [2.24, 2.45) is 0 Å². The van der Waals surface area contributed by atoms with Crippen molar-refractivity contribution in [2.75, 3.05) is 26.7 Å². The summed E-state index contributed by atoms with van der Waals surface area (Å²) in [7, 11) is 2.18. The minimum absolute atomic E-state index is 0.319. The van der Waals surface area contributed by atoms with E-state index >= 15 is 0 Å². The molecule has 1 heterocycles. The van der Waals surface area contributed by atoms with Crippen molar-refractivity contribution >= 4 is 6.09 Å². The molecule has 0 aliphatic carbocycles. The Balaban J connectivity index is 2.36. The Morgan fingerprint density at radius 1 is 1.19 bits per heavy atom. The van der Waals surface area contributed by atoms with E-state index in [9.17, 15) is 4.79 Å². The molecule has 0 bridgehead atoms. The molecule has 1 unspecified atom stereocenters. The first-order valence-electron chi connectivity index (χ1n) is 8.00. The van der Waals surface area contributed by atoms with Gasteiger partial charge in [-0.2, -0.15) is 0 Å². The molecule has 5 nitrogen and oxygen atoms in total. The Bertz CT molecular complexity index is 337. The number of hydrogen-bond acceptors (Lipinski definition) is 4. The maximum Gasteiger partial charge on any atom is 0.408 e. The highest BCUT2D eigenvalue weighted by atomic mass is 16.6. The second kappa shape index (κ2) is 7.45. The molecule has 0 spiro atoms. The van der Waals surface area contributed by atoms with Crippen LogP contribution < -0.4 is 10.6 Å². The minimum Gasteiger partial charge on any atom is -0.444 e. The molecule has 1 fully saturated rings. The Morgan fingerprint density at radius 3 is 2.48 bits per heavy atom. The van der Waals surface area contributed by atoms with Crippen molar-refractivity contribution in [3.05, 3.63) is 0 Å². The van der Waals surface area contributed by atoms with Gasteiger partial charge in [-0.25, -0.2) is 4.79 Å². The lowest BCUT2D eigenvalue weighted by Crippen LogP contribution is -2.53. The Hall–Kier alpha value is -0.810. The Kier molecular flexibility index (Phi) is 6.47. The number of carbonyl (C=O) groups is 1. The summed E-state index contributed by atoms with van der Waals surface area (Å²) >= 11 is 0. The van der Waals surface area contributed by atoms with Gasteiger partial charge in [0.05, 0.1) is 5.54 Å². The topological polar surface area (TPSA) is 53.6 Å². The number of rotatable bonds is 4. The normalized spacial score (nSPS) is 21.7. The predicted octanol–water partition coefficient (Wildman–Crippen LogP) is 2.36. The van der Waals surface area contributed by atoms with Crippen molar-refractivity contribution < 1.29 is 9.53 Å². The molecule has 5 heteroatoms. The lowest BCUT2D eigenvalue weighted by atomic mass is 10.0. The van der Waals surface area contributed by atoms with Crippen LogP contribution in [0.4, 0.5) is 4.79 Å². The molecule has 0 aromatic heterocycles. The third-order valence-corrected chi connectivity index (χ3v) is 3.62. The molecule has 0 aromatic rings. The van der Waals surface area contributed by atoms with E-state index in [0.29, 0.717) is 6.04 Å². The fourth-order valence-electron chi connectivity index (χ4n) is 2.47. The van der Waals surface area contributed by atoms with Crippen LogP contribution in [-0.4, -0.2) is 54.9 Å². The highest BCUT2D eigenvalue weighted by Gasteiger charge is 2.25. The number of alkyl carbamates (subject to hydrolysis) is 1. The second-order valence-electron chi connectivity index (χ2n) is 7.82. The SMILES string of the molecule is CN1CCCC(NCC(C)(C)NC(=O)OC(C)(C)C)CC1. The van der Waals surface area contributed by atoms with Gasteiger partial charge in [-0.1, -0.05) is 0 Å². The number of hydrogen-bond donors (Lipinski definition) is 2. The van der Waals surface area contributed by atoms with Gasteiger partial charge in [0.15, 0.2) is 0 Å². The third-order valence-electron chi connectivity index (χ3n) is 3.62. The minimum atomic E-state index is -0.459. The molecule has 124 valence electrons. The third kappa shape index (κ3) is 8.27.